The molecule has 0 aromatic carbocycles. The SMILES string of the molecule is CC(C)CC1(CN)CC(C)C1. The van der Waals surface area contributed by atoms with Crippen LogP contribution in [0, 0.1) is 17.3 Å². The van der Waals surface area contributed by atoms with E-state index in [0.29, 0.717) is 5.41 Å². The van der Waals surface area contributed by atoms with Gasteiger partial charge in [0.25, 0.3) is 0 Å². The van der Waals surface area contributed by atoms with E-state index < -0.39 is 0 Å². The van der Waals surface area contributed by atoms with Crippen LogP contribution in [0.15, 0.2) is 0 Å². The van der Waals surface area contributed by atoms with E-state index >= 15 is 0 Å². The van der Waals surface area contributed by atoms with Gasteiger partial charge in [-0.2, -0.15) is 0 Å². The highest BCUT2D eigenvalue weighted by molar-refractivity contribution is 4.92. The molecule has 0 amide bonds. The van der Waals surface area contributed by atoms with E-state index in [1.165, 1.54) is 19.3 Å². The second kappa shape index (κ2) is 3.14. The maximum absolute atomic E-state index is 5.78. The Morgan fingerprint density at radius 1 is 1.45 bits per heavy atom. The Morgan fingerprint density at radius 3 is 2.27 bits per heavy atom. The molecule has 0 aromatic heterocycles. The van der Waals surface area contributed by atoms with E-state index in [2.05, 4.69) is 20.8 Å². The van der Waals surface area contributed by atoms with Gasteiger partial charge in [-0.25, -0.2) is 0 Å². The lowest BCUT2D eigenvalue weighted by atomic mass is 9.59. The zero-order valence-electron chi connectivity index (χ0n) is 8.06. The van der Waals surface area contributed by atoms with Gasteiger partial charge in [-0.15, -0.1) is 0 Å². The molecule has 0 spiro atoms. The van der Waals surface area contributed by atoms with Crippen LogP contribution < -0.4 is 5.73 Å². The molecule has 11 heavy (non-hydrogen) atoms. The van der Waals surface area contributed by atoms with E-state index in [1.807, 2.05) is 0 Å². The molecule has 0 atom stereocenters. The van der Waals surface area contributed by atoms with Gasteiger partial charge in [-0.1, -0.05) is 20.8 Å². The molecule has 1 aliphatic carbocycles. The summed E-state index contributed by atoms with van der Waals surface area (Å²) >= 11 is 0. The number of hydrogen-bond acceptors (Lipinski definition) is 1. The van der Waals surface area contributed by atoms with Crippen molar-refractivity contribution in [1.29, 1.82) is 0 Å². The van der Waals surface area contributed by atoms with Gasteiger partial charge in [0.05, 0.1) is 0 Å². The molecule has 1 aliphatic rings. The number of rotatable bonds is 3. The van der Waals surface area contributed by atoms with Crippen LogP contribution in [0.25, 0.3) is 0 Å². The summed E-state index contributed by atoms with van der Waals surface area (Å²) in [6.07, 6.45) is 4.05. The van der Waals surface area contributed by atoms with E-state index in [-0.39, 0.29) is 0 Å². The molecule has 1 saturated carbocycles. The minimum atomic E-state index is 0.535. The van der Waals surface area contributed by atoms with Gasteiger partial charge in [0.1, 0.15) is 0 Å². The third-order valence-corrected chi connectivity index (χ3v) is 2.84. The number of nitrogens with two attached hydrogens (primary N) is 1. The van der Waals surface area contributed by atoms with Gasteiger partial charge in [0.15, 0.2) is 0 Å². The summed E-state index contributed by atoms with van der Waals surface area (Å²) in [5.41, 5.74) is 6.31. The Kier molecular flexibility index (Phi) is 2.58. The van der Waals surface area contributed by atoms with Gasteiger partial charge in [-0.3, -0.25) is 0 Å². The molecule has 66 valence electrons. The smallest absolute Gasteiger partial charge is 0.00202 e. The second-order valence-electron chi connectivity index (χ2n) is 4.82. The van der Waals surface area contributed by atoms with E-state index in [1.54, 1.807) is 0 Å². The van der Waals surface area contributed by atoms with Crippen molar-refractivity contribution >= 4 is 0 Å². The van der Waals surface area contributed by atoms with Crippen LogP contribution in [0.1, 0.15) is 40.0 Å². The molecule has 1 nitrogen and oxygen atoms in total. The minimum Gasteiger partial charge on any atom is -0.330 e. The fourth-order valence-electron chi connectivity index (χ4n) is 2.70. The molecule has 2 N–H and O–H groups in total. The standard InChI is InChI=1S/C10H21N/c1-8(2)4-10(7-11)5-9(3)6-10/h8-9H,4-7,11H2,1-3H3. The first-order valence-corrected chi connectivity index (χ1v) is 4.78. The average Bonchev–Trinajstić information content (AvgIpc) is 1.82. The van der Waals surface area contributed by atoms with Crippen LogP contribution in [0.5, 0.6) is 0 Å². The molecular formula is C10H21N. The highest BCUT2D eigenvalue weighted by atomic mass is 14.6. The second-order valence-corrected chi connectivity index (χ2v) is 4.82. The maximum atomic E-state index is 5.78. The summed E-state index contributed by atoms with van der Waals surface area (Å²) in [4.78, 5) is 0. The third-order valence-electron chi connectivity index (χ3n) is 2.84. The predicted molar refractivity (Wildman–Crippen MR) is 49.3 cm³/mol. The predicted octanol–water partition coefficient (Wildman–Crippen LogP) is 2.41. The molecular weight excluding hydrogens is 134 g/mol. The van der Waals surface area contributed by atoms with Crippen molar-refractivity contribution in [3.05, 3.63) is 0 Å². The Morgan fingerprint density at radius 2 is 2.00 bits per heavy atom. The van der Waals surface area contributed by atoms with Crippen molar-refractivity contribution in [2.45, 2.75) is 40.0 Å². The molecule has 0 radical (unpaired) electrons. The molecule has 0 bridgehead atoms. The van der Waals surface area contributed by atoms with Gasteiger partial charge in [0, 0.05) is 0 Å². The van der Waals surface area contributed by atoms with Crippen LogP contribution in [-0.4, -0.2) is 6.54 Å². The molecule has 0 aromatic rings. The van der Waals surface area contributed by atoms with Crippen LogP contribution in [0.4, 0.5) is 0 Å². The summed E-state index contributed by atoms with van der Waals surface area (Å²) in [5, 5.41) is 0. The average molecular weight is 155 g/mol. The van der Waals surface area contributed by atoms with Gasteiger partial charge < -0.3 is 5.73 Å². The normalized spacial score (nSPS) is 37.4. The lowest BCUT2D eigenvalue weighted by Crippen LogP contribution is -2.43. The molecule has 1 rings (SSSR count). The molecule has 1 fully saturated rings. The third kappa shape index (κ3) is 1.96. The fourth-order valence-corrected chi connectivity index (χ4v) is 2.70. The van der Waals surface area contributed by atoms with Gasteiger partial charge in [-0.05, 0) is 43.1 Å². The summed E-state index contributed by atoms with van der Waals surface area (Å²) in [6.45, 7) is 7.81. The fraction of sp³-hybridized carbons (Fsp3) is 1.00. The largest absolute Gasteiger partial charge is 0.330 e. The highest BCUT2D eigenvalue weighted by Crippen LogP contribution is 2.48. The Hall–Kier alpha value is -0.0400. The van der Waals surface area contributed by atoms with Gasteiger partial charge >= 0.3 is 0 Å². The van der Waals surface area contributed by atoms with Gasteiger partial charge in [0.2, 0.25) is 0 Å². The van der Waals surface area contributed by atoms with Crippen LogP contribution >= 0.6 is 0 Å². The number of hydrogen-bond donors (Lipinski definition) is 1. The highest BCUT2D eigenvalue weighted by Gasteiger charge is 2.40. The van der Waals surface area contributed by atoms with Crippen molar-refractivity contribution in [3.8, 4) is 0 Å². The van der Waals surface area contributed by atoms with Crippen molar-refractivity contribution in [2.24, 2.45) is 23.0 Å². The molecule has 0 aliphatic heterocycles. The van der Waals surface area contributed by atoms with Crippen molar-refractivity contribution in [2.75, 3.05) is 6.54 Å². The monoisotopic (exact) mass is 155 g/mol. The molecule has 0 heterocycles. The van der Waals surface area contributed by atoms with Crippen molar-refractivity contribution in [3.63, 3.8) is 0 Å². The Bertz CT molecular complexity index is 123. The molecule has 0 unspecified atom stereocenters. The minimum absolute atomic E-state index is 0.535. The first-order chi connectivity index (χ1) is 5.08. The Labute approximate surface area is 70.4 Å². The summed E-state index contributed by atoms with van der Waals surface area (Å²) in [6, 6.07) is 0. The lowest BCUT2D eigenvalue weighted by Gasteiger charge is -2.47. The zero-order valence-corrected chi connectivity index (χ0v) is 8.06. The topological polar surface area (TPSA) is 26.0 Å². The zero-order chi connectivity index (χ0) is 8.48. The maximum Gasteiger partial charge on any atom is -0.00202 e. The Balaban J connectivity index is 2.38. The van der Waals surface area contributed by atoms with Crippen LogP contribution in [0.2, 0.25) is 0 Å². The molecule has 1 heteroatoms. The van der Waals surface area contributed by atoms with Crippen LogP contribution in [-0.2, 0) is 0 Å². The summed E-state index contributed by atoms with van der Waals surface area (Å²) < 4.78 is 0. The molecule has 0 saturated heterocycles. The van der Waals surface area contributed by atoms with E-state index in [9.17, 15) is 0 Å². The summed E-state index contributed by atoms with van der Waals surface area (Å²) in [7, 11) is 0. The van der Waals surface area contributed by atoms with Crippen LogP contribution in [0.3, 0.4) is 0 Å². The first kappa shape index (κ1) is 9.05. The van der Waals surface area contributed by atoms with E-state index in [4.69, 9.17) is 5.73 Å². The first-order valence-electron chi connectivity index (χ1n) is 4.78. The lowest BCUT2D eigenvalue weighted by molar-refractivity contribution is 0.0514. The quantitative estimate of drug-likeness (QED) is 0.665. The summed E-state index contributed by atoms with van der Waals surface area (Å²) in [5.74, 6) is 1.74. The van der Waals surface area contributed by atoms with E-state index in [0.717, 1.165) is 18.4 Å². The van der Waals surface area contributed by atoms with Crippen molar-refractivity contribution < 1.29 is 0 Å². The van der Waals surface area contributed by atoms with Crippen molar-refractivity contribution in [1.82, 2.24) is 0 Å².